The number of fused-ring (bicyclic) bond motifs is 1. The summed E-state index contributed by atoms with van der Waals surface area (Å²) in [5.74, 6) is -0.0881. The summed E-state index contributed by atoms with van der Waals surface area (Å²) in [6.07, 6.45) is 2.40. The molecule has 0 saturated heterocycles. The van der Waals surface area contributed by atoms with E-state index >= 15 is 0 Å². The van der Waals surface area contributed by atoms with Crippen LogP contribution < -0.4 is 15.8 Å². The Labute approximate surface area is 197 Å². The largest absolute Gasteiger partial charge is 0.462 e. The summed E-state index contributed by atoms with van der Waals surface area (Å²) in [4.78, 5) is 43.8. The number of rotatable bonds is 6. The van der Waals surface area contributed by atoms with Gasteiger partial charge >= 0.3 is 12.1 Å². The second-order valence-electron chi connectivity index (χ2n) is 8.91. The molecule has 0 radical (unpaired) electrons. The number of anilines is 3. The molecular weight excluding hydrogens is 440 g/mol. The Morgan fingerprint density at radius 1 is 1.26 bits per heavy atom. The summed E-state index contributed by atoms with van der Waals surface area (Å²) in [6.45, 7) is 11.0. The molecule has 3 aromatic rings. The quantitative estimate of drug-likeness (QED) is 0.541. The first-order chi connectivity index (χ1) is 15.9. The van der Waals surface area contributed by atoms with Gasteiger partial charge < -0.3 is 19.4 Å². The lowest BCUT2D eigenvalue weighted by Gasteiger charge is -2.25. The molecule has 0 aliphatic rings. The van der Waals surface area contributed by atoms with Gasteiger partial charge in [0.05, 0.1) is 12.8 Å². The second kappa shape index (κ2) is 9.54. The Hall–Kier alpha value is -3.89. The van der Waals surface area contributed by atoms with Crippen LogP contribution in [0.25, 0.3) is 5.65 Å². The van der Waals surface area contributed by atoms with Crippen LogP contribution in [-0.2, 0) is 9.47 Å². The van der Waals surface area contributed by atoms with Gasteiger partial charge in [0.1, 0.15) is 28.5 Å². The zero-order chi connectivity index (χ0) is 25.2. The van der Waals surface area contributed by atoms with Gasteiger partial charge in [-0.25, -0.2) is 14.6 Å². The molecule has 3 rings (SSSR count). The first-order valence-corrected chi connectivity index (χ1v) is 10.9. The SMILES string of the molecule is CCOC(=O)c1cnn2c(N(C)C(=O)OC(C)(C)C)cc(Nc3cccn(C(C)C)c3=O)nc12. The fourth-order valence-corrected chi connectivity index (χ4v) is 3.18. The molecule has 1 N–H and O–H groups in total. The highest BCUT2D eigenvalue weighted by molar-refractivity contribution is 5.97. The fourth-order valence-electron chi connectivity index (χ4n) is 3.18. The van der Waals surface area contributed by atoms with E-state index in [1.54, 1.807) is 56.7 Å². The van der Waals surface area contributed by atoms with Crippen molar-refractivity contribution < 1.29 is 19.1 Å². The predicted molar refractivity (Wildman–Crippen MR) is 128 cm³/mol. The summed E-state index contributed by atoms with van der Waals surface area (Å²) in [5.41, 5.74) is -0.382. The van der Waals surface area contributed by atoms with Crippen LogP contribution in [0.15, 0.2) is 35.4 Å². The van der Waals surface area contributed by atoms with Gasteiger partial charge in [-0.15, -0.1) is 0 Å². The Morgan fingerprint density at radius 3 is 2.59 bits per heavy atom. The number of ether oxygens (including phenoxy) is 2. The Balaban J connectivity index is 2.14. The highest BCUT2D eigenvalue weighted by Gasteiger charge is 2.25. The Morgan fingerprint density at radius 2 is 1.97 bits per heavy atom. The molecule has 0 aliphatic heterocycles. The van der Waals surface area contributed by atoms with Crippen molar-refractivity contribution >= 4 is 35.0 Å². The number of aromatic nitrogens is 4. The van der Waals surface area contributed by atoms with Crippen molar-refractivity contribution in [2.45, 2.75) is 53.2 Å². The lowest BCUT2D eigenvalue weighted by atomic mass is 10.2. The minimum atomic E-state index is -0.718. The molecule has 1 amide bonds. The van der Waals surface area contributed by atoms with E-state index in [2.05, 4.69) is 15.4 Å². The molecule has 0 fully saturated rings. The predicted octanol–water partition coefficient (Wildman–Crippen LogP) is 3.76. The molecule has 3 aromatic heterocycles. The van der Waals surface area contributed by atoms with Crippen molar-refractivity contribution in [2.75, 3.05) is 23.9 Å². The monoisotopic (exact) mass is 470 g/mol. The van der Waals surface area contributed by atoms with Crippen LogP contribution in [0.1, 0.15) is 57.9 Å². The highest BCUT2D eigenvalue weighted by atomic mass is 16.6. The maximum Gasteiger partial charge on any atom is 0.415 e. The van der Waals surface area contributed by atoms with E-state index in [1.165, 1.54) is 22.7 Å². The molecule has 11 nitrogen and oxygen atoms in total. The van der Waals surface area contributed by atoms with E-state index in [0.717, 1.165) is 0 Å². The molecule has 0 unspecified atom stereocenters. The fraction of sp³-hybridized carbons (Fsp3) is 0.435. The topological polar surface area (TPSA) is 120 Å². The lowest BCUT2D eigenvalue weighted by Crippen LogP contribution is -2.35. The van der Waals surface area contributed by atoms with Crippen molar-refractivity contribution in [2.24, 2.45) is 0 Å². The third kappa shape index (κ3) is 5.19. The Kier molecular flexibility index (Phi) is 6.94. The van der Waals surface area contributed by atoms with Crippen molar-refractivity contribution in [1.29, 1.82) is 0 Å². The molecule has 3 heterocycles. The molecule has 0 saturated carbocycles. The second-order valence-corrected chi connectivity index (χ2v) is 8.91. The molecule has 0 bridgehead atoms. The van der Waals surface area contributed by atoms with Gasteiger partial charge in [-0.2, -0.15) is 9.61 Å². The molecule has 0 atom stereocenters. The maximum absolute atomic E-state index is 12.9. The normalized spacial score (nSPS) is 11.5. The van der Waals surface area contributed by atoms with Crippen LogP contribution in [-0.4, -0.2) is 50.5 Å². The number of pyridine rings is 1. The third-order valence-corrected chi connectivity index (χ3v) is 4.75. The molecule has 0 aliphatic carbocycles. The molecule has 0 aromatic carbocycles. The molecular formula is C23H30N6O5. The number of carbonyl (C=O) groups excluding carboxylic acids is 2. The van der Waals surface area contributed by atoms with Crippen molar-refractivity contribution in [1.82, 2.24) is 19.2 Å². The van der Waals surface area contributed by atoms with E-state index in [4.69, 9.17) is 9.47 Å². The first-order valence-electron chi connectivity index (χ1n) is 10.9. The number of hydrogen-bond donors (Lipinski definition) is 1. The first kappa shape index (κ1) is 24.7. The minimum absolute atomic E-state index is 0.0381. The van der Waals surface area contributed by atoms with E-state index in [1.807, 2.05) is 13.8 Å². The van der Waals surface area contributed by atoms with E-state index < -0.39 is 17.7 Å². The highest BCUT2D eigenvalue weighted by Crippen LogP contribution is 2.25. The third-order valence-electron chi connectivity index (χ3n) is 4.75. The summed E-state index contributed by atoms with van der Waals surface area (Å²) in [6, 6.07) is 4.89. The maximum atomic E-state index is 12.9. The number of nitrogens with zero attached hydrogens (tertiary/aromatic N) is 5. The van der Waals surface area contributed by atoms with Gasteiger partial charge in [0, 0.05) is 25.4 Å². The smallest absolute Gasteiger partial charge is 0.415 e. The summed E-state index contributed by atoms with van der Waals surface area (Å²) in [5, 5.41) is 7.25. The number of nitrogens with one attached hydrogen (secondary N) is 1. The number of esters is 1. The molecule has 182 valence electrons. The molecule has 11 heteroatoms. The van der Waals surface area contributed by atoms with Crippen LogP contribution in [0.3, 0.4) is 0 Å². The minimum Gasteiger partial charge on any atom is -0.462 e. The summed E-state index contributed by atoms with van der Waals surface area (Å²) in [7, 11) is 1.52. The zero-order valence-electron chi connectivity index (χ0n) is 20.4. The van der Waals surface area contributed by atoms with E-state index in [-0.39, 0.29) is 46.7 Å². The van der Waals surface area contributed by atoms with Gasteiger partial charge in [-0.3, -0.25) is 9.69 Å². The van der Waals surface area contributed by atoms with Crippen molar-refractivity contribution in [3.8, 4) is 0 Å². The van der Waals surface area contributed by atoms with Crippen molar-refractivity contribution in [3.05, 3.63) is 46.5 Å². The van der Waals surface area contributed by atoms with Gasteiger partial charge in [-0.05, 0) is 53.7 Å². The average Bonchev–Trinajstić information content (AvgIpc) is 3.17. The molecule has 34 heavy (non-hydrogen) atoms. The van der Waals surface area contributed by atoms with Crippen LogP contribution in [0.2, 0.25) is 0 Å². The van der Waals surface area contributed by atoms with Gasteiger partial charge in [0.15, 0.2) is 5.65 Å². The van der Waals surface area contributed by atoms with Crippen LogP contribution in [0.4, 0.5) is 22.1 Å². The van der Waals surface area contributed by atoms with E-state index in [0.29, 0.717) is 0 Å². The number of carbonyl (C=O) groups is 2. The molecule has 0 spiro atoms. The Bertz CT molecular complexity index is 1270. The number of hydrogen-bond acceptors (Lipinski definition) is 8. The average molecular weight is 471 g/mol. The van der Waals surface area contributed by atoms with Crippen LogP contribution in [0.5, 0.6) is 0 Å². The van der Waals surface area contributed by atoms with Gasteiger partial charge in [-0.1, -0.05) is 0 Å². The van der Waals surface area contributed by atoms with Crippen molar-refractivity contribution in [3.63, 3.8) is 0 Å². The van der Waals surface area contributed by atoms with Gasteiger partial charge in [0.2, 0.25) is 0 Å². The standard InChI is InChI=1S/C23H30N6O5/c1-8-33-21(31)15-13-24-29-18(27(7)22(32)34-23(4,5)6)12-17(26-19(15)29)25-16-10-9-11-28(14(2)3)20(16)30/h9-14H,8H2,1-7H3,(H,25,26). The summed E-state index contributed by atoms with van der Waals surface area (Å²) < 4.78 is 13.5. The van der Waals surface area contributed by atoms with Gasteiger partial charge in [0.25, 0.3) is 5.56 Å². The lowest BCUT2D eigenvalue weighted by molar-refractivity contribution is 0.0527. The number of amides is 1. The zero-order valence-corrected chi connectivity index (χ0v) is 20.4. The van der Waals surface area contributed by atoms with E-state index in [9.17, 15) is 14.4 Å². The van der Waals surface area contributed by atoms with Crippen LogP contribution >= 0.6 is 0 Å². The summed E-state index contributed by atoms with van der Waals surface area (Å²) >= 11 is 0. The van der Waals surface area contributed by atoms with Crippen LogP contribution in [0, 0.1) is 0 Å².